The molecule has 0 saturated heterocycles. The van der Waals surface area contributed by atoms with E-state index in [-0.39, 0.29) is 0 Å². The molecule has 5 heteroatoms. The van der Waals surface area contributed by atoms with Crippen molar-refractivity contribution < 1.29 is 0 Å². The van der Waals surface area contributed by atoms with Gasteiger partial charge >= 0.3 is 0 Å². The topological polar surface area (TPSA) is 37.8 Å². The zero-order valence-electron chi connectivity index (χ0n) is 10.1. The number of hydrogen-bond donors (Lipinski definition) is 1. The first kappa shape index (κ1) is 11.9. The molecular formula is C13H14ClN3S. The molecule has 0 spiro atoms. The number of aryl methyl sites for hydroxylation is 1. The van der Waals surface area contributed by atoms with Gasteiger partial charge in [0.15, 0.2) is 0 Å². The van der Waals surface area contributed by atoms with Crippen LogP contribution in [-0.2, 0) is 0 Å². The van der Waals surface area contributed by atoms with Crippen LogP contribution in [-0.4, -0.2) is 16.2 Å². The number of nitrogens with zero attached hydrogens (tertiary/aromatic N) is 2. The number of nitrogens with one attached hydrogen (secondary N) is 1. The van der Waals surface area contributed by atoms with E-state index in [2.05, 4.69) is 27.6 Å². The molecule has 18 heavy (non-hydrogen) atoms. The molecule has 1 saturated carbocycles. The summed E-state index contributed by atoms with van der Waals surface area (Å²) in [4.78, 5) is 0. The van der Waals surface area contributed by atoms with Crippen molar-refractivity contribution in [1.29, 1.82) is 0 Å². The number of halogens is 1. The first-order valence-corrected chi connectivity index (χ1v) is 7.22. The highest BCUT2D eigenvalue weighted by Gasteiger charge is 2.30. The van der Waals surface area contributed by atoms with Crippen LogP contribution in [0.2, 0.25) is 5.02 Å². The highest BCUT2D eigenvalue weighted by Crippen LogP contribution is 2.39. The van der Waals surface area contributed by atoms with E-state index in [1.165, 1.54) is 5.56 Å². The molecule has 0 atom stereocenters. The lowest BCUT2D eigenvalue weighted by Crippen LogP contribution is -2.33. The molecule has 1 aliphatic rings. The van der Waals surface area contributed by atoms with Crippen LogP contribution < -0.4 is 5.32 Å². The van der Waals surface area contributed by atoms with E-state index in [0.29, 0.717) is 12.0 Å². The van der Waals surface area contributed by atoms with Crippen molar-refractivity contribution in [3.05, 3.63) is 39.9 Å². The second-order valence-electron chi connectivity index (χ2n) is 4.69. The van der Waals surface area contributed by atoms with Gasteiger partial charge in [-0.1, -0.05) is 35.1 Å². The predicted molar refractivity (Wildman–Crippen MR) is 75.5 cm³/mol. The van der Waals surface area contributed by atoms with Crippen molar-refractivity contribution in [3.63, 3.8) is 0 Å². The van der Waals surface area contributed by atoms with E-state index >= 15 is 0 Å². The Balaban J connectivity index is 1.55. The Labute approximate surface area is 115 Å². The van der Waals surface area contributed by atoms with Gasteiger partial charge in [0.25, 0.3) is 0 Å². The zero-order valence-corrected chi connectivity index (χ0v) is 11.6. The maximum Gasteiger partial charge on any atom is 0.205 e. The maximum atomic E-state index is 5.89. The van der Waals surface area contributed by atoms with Crippen LogP contribution in [0.15, 0.2) is 24.3 Å². The molecule has 1 heterocycles. The Morgan fingerprint density at radius 3 is 2.56 bits per heavy atom. The molecule has 0 aliphatic heterocycles. The summed E-state index contributed by atoms with van der Waals surface area (Å²) in [5.41, 5.74) is 1.38. The fraction of sp³-hybridized carbons (Fsp3) is 0.385. The second-order valence-corrected chi connectivity index (χ2v) is 6.31. The van der Waals surface area contributed by atoms with Crippen LogP contribution in [0, 0.1) is 6.92 Å². The number of rotatable bonds is 3. The van der Waals surface area contributed by atoms with Gasteiger partial charge in [-0.25, -0.2) is 0 Å². The molecule has 1 N–H and O–H groups in total. The predicted octanol–water partition coefficient (Wildman–Crippen LogP) is 3.86. The minimum absolute atomic E-state index is 0.526. The molecule has 1 aromatic heterocycles. The molecule has 0 unspecified atom stereocenters. The molecule has 0 radical (unpaired) electrons. The minimum Gasteiger partial charge on any atom is -0.357 e. The number of benzene rings is 1. The normalized spacial score (nSPS) is 22.6. The van der Waals surface area contributed by atoms with Gasteiger partial charge < -0.3 is 5.32 Å². The van der Waals surface area contributed by atoms with E-state index in [4.69, 9.17) is 11.6 Å². The van der Waals surface area contributed by atoms with Gasteiger partial charge in [-0.3, -0.25) is 0 Å². The van der Waals surface area contributed by atoms with Gasteiger partial charge in [0.1, 0.15) is 5.01 Å². The van der Waals surface area contributed by atoms with Crippen molar-refractivity contribution in [1.82, 2.24) is 10.2 Å². The third-order valence-corrected chi connectivity index (χ3v) is 4.35. The summed E-state index contributed by atoms with van der Waals surface area (Å²) >= 11 is 7.50. The largest absolute Gasteiger partial charge is 0.357 e. The van der Waals surface area contributed by atoms with E-state index < -0.39 is 0 Å². The summed E-state index contributed by atoms with van der Waals surface area (Å²) in [6.45, 7) is 1.97. The molecule has 1 fully saturated rings. The van der Waals surface area contributed by atoms with Crippen LogP contribution >= 0.6 is 22.9 Å². The number of hydrogen-bond acceptors (Lipinski definition) is 4. The Bertz CT molecular complexity index is 531. The highest BCUT2D eigenvalue weighted by molar-refractivity contribution is 7.15. The van der Waals surface area contributed by atoms with Crippen molar-refractivity contribution in [2.45, 2.75) is 31.7 Å². The van der Waals surface area contributed by atoms with Crippen LogP contribution in [0.25, 0.3) is 0 Å². The summed E-state index contributed by atoms with van der Waals surface area (Å²) in [6, 6.07) is 8.70. The standard InChI is InChI=1S/C13H14ClN3S/c1-8-16-17-13(18-8)15-12-6-10(7-12)9-2-4-11(14)5-3-9/h2-5,10,12H,6-7H2,1H3,(H,15,17). The first-order chi connectivity index (χ1) is 8.70. The lowest BCUT2D eigenvalue weighted by atomic mass is 9.76. The molecule has 3 nitrogen and oxygen atoms in total. The van der Waals surface area contributed by atoms with Gasteiger partial charge in [0, 0.05) is 11.1 Å². The Hall–Kier alpha value is -1.13. The minimum atomic E-state index is 0.526. The maximum absolute atomic E-state index is 5.89. The second kappa shape index (κ2) is 4.86. The van der Waals surface area contributed by atoms with E-state index in [0.717, 1.165) is 28.0 Å². The van der Waals surface area contributed by atoms with Crippen molar-refractivity contribution in [2.75, 3.05) is 5.32 Å². The third-order valence-electron chi connectivity index (χ3n) is 3.33. The van der Waals surface area contributed by atoms with Crippen molar-refractivity contribution in [3.8, 4) is 0 Å². The highest BCUT2D eigenvalue weighted by atomic mass is 35.5. The molecule has 2 aromatic rings. The lowest BCUT2D eigenvalue weighted by Gasteiger charge is -2.36. The Morgan fingerprint density at radius 2 is 1.94 bits per heavy atom. The van der Waals surface area contributed by atoms with E-state index in [9.17, 15) is 0 Å². The first-order valence-electron chi connectivity index (χ1n) is 6.03. The van der Waals surface area contributed by atoms with Crippen LogP contribution in [0.5, 0.6) is 0 Å². The number of anilines is 1. The third kappa shape index (κ3) is 2.49. The molecule has 1 aromatic carbocycles. The van der Waals surface area contributed by atoms with Crippen LogP contribution in [0.3, 0.4) is 0 Å². The molecule has 94 valence electrons. The van der Waals surface area contributed by atoms with Gasteiger partial charge in [-0.2, -0.15) is 0 Å². The number of aromatic nitrogens is 2. The van der Waals surface area contributed by atoms with Crippen LogP contribution in [0.4, 0.5) is 5.13 Å². The average Bonchev–Trinajstić information content (AvgIpc) is 2.71. The quantitative estimate of drug-likeness (QED) is 0.927. The van der Waals surface area contributed by atoms with Crippen molar-refractivity contribution >= 4 is 28.1 Å². The molecular weight excluding hydrogens is 266 g/mol. The SMILES string of the molecule is Cc1nnc(NC2CC(c3ccc(Cl)cc3)C2)s1. The summed E-state index contributed by atoms with van der Waals surface area (Å²) in [7, 11) is 0. The Morgan fingerprint density at radius 1 is 1.22 bits per heavy atom. The molecule has 0 bridgehead atoms. The van der Waals surface area contributed by atoms with Gasteiger partial charge in [-0.15, -0.1) is 10.2 Å². The Kier molecular flexibility index (Phi) is 3.22. The summed E-state index contributed by atoms with van der Waals surface area (Å²) in [5, 5.41) is 14.3. The summed E-state index contributed by atoms with van der Waals surface area (Å²) in [5.74, 6) is 0.647. The van der Waals surface area contributed by atoms with Gasteiger partial charge in [0.2, 0.25) is 5.13 Å². The average molecular weight is 280 g/mol. The van der Waals surface area contributed by atoms with E-state index in [1.807, 2.05) is 19.1 Å². The van der Waals surface area contributed by atoms with Gasteiger partial charge in [0.05, 0.1) is 0 Å². The summed E-state index contributed by atoms with van der Waals surface area (Å²) in [6.07, 6.45) is 2.31. The van der Waals surface area contributed by atoms with E-state index in [1.54, 1.807) is 11.3 Å². The lowest BCUT2D eigenvalue weighted by molar-refractivity contribution is 0.374. The molecule has 3 rings (SSSR count). The zero-order chi connectivity index (χ0) is 12.5. The fourth-order valence-corrected chi connectivity index (χ4v) is 3.07. The molecule has 1 aliphatic carbocycles. The smallest absolute Gasteiger partial charge is 0.205 e. The van der Waals surface area contributed by atoms with Crippen LogP contribution in [0.1, 0.15) is 29.3 Å². The summed E-state index contributed by atoms with van der Waals surface area (Å²) < 4.78 is 0. The van der Waals surface area contributed by atoms with Crippen molar-refractivity contribution in [2.24, 2.45) is 0 Å². The molecule has 0 amide bonds. The fourth-order valence-electron chi connectivity index (χ4n) is 2.27. The monoisotopic (exact) mass is 279 g/mol. The van der Waals surface area contributed by atoms with Gasteiger partial charge in [-0.05, 0) is 43.4 Å².